The van der Waals surface area contributed by atoms with Crippen molar-refractivity contribution in [3.05, 3.63) is 35.1 Å². The molecule has 224 valence electrons. The number of benzene rings is 1. The van der Waals surface area contributed by atoms with E-state index in [9.17, 15) is 23.6 Å². The number of hydrogen-bond acceptors (Lipinski definition) is 6. The molecule has 2 heterocycles. The minimum atomic E-state index is -0.593. The highest BCUT2D eigenvalue weighted by Gasteiger charge is 2.29. The number of hydrogen-bond donors (Lipinski definition) is 1. The Morgan fingerprint density at radius 2 is 1.46 bits per heavy atom. The van der Waals surface area contributed by atoms with Crippen molar-refractivity contribution in [3.8, 4) is 0 Å². The summed E-state index contributed by atoms with van der Waals surface area (Å²) in [7, 11) is 0. The van der Waals surface area contributed by atoms with Crippen molar-refractivity contribution in [1.29, 1.82) is 0 Å². The predicted molar refractivity (Wildman–Crippen MR) is 154 cm³/mol. The van der Waals surface area contributed by atoms with Gasteiger partial charge in [0, 0.05) is 77.8 Å². The molecular weight excluding hydrogens is 527 g/mol. The second-order valence-electron chi connectivity index (χ2n) is 11.5. The van der Waals surface area contributed by atoms with E-state index in [0.29, 0.717) is 88.9 Å². The van der Waals surface area contributed by atoms with Gasteiger partial charge in [0.25, 0.3) is 5.91 Å². The van der Waals surface area contributed by atoms with Crippen LogP contribution in [0.15, 0.2) is 23.3 Å². The molecule has 0 bridgehead atoms. The zero-order valence-corrected chi connectivity index (χ0v) is 24.4. The maximum absolute atomic E-state index is 14.6. The van der Waals surface area contributed by atoms with Gasteiger partial charge in [-0.3, -0.25) is 24.1 Å². The van der Waals surface area contributed by atoms with Crippen molar-refractivity contribution in [2.45, 2.75) is 58.8 Å². The smallest absolute Gasteiger partial charge is 0.256 e. The standard InChI is InChI=1S/C30H43FN6O4/c1-22(32-33-23(2)38)18-25-8-9-27(31)26(19-25)30(41)37-16-14-36(15-17-37)29(40)21-34-10-12-35(13-11-34)28(39)20-24-6-4-3-5-7-24/h8-9,19,24H,3-7,10-18,20-21H2,1-2H3,(H,33,38)/b32-22+. The molecule has 0 radical (unpaired) electrons. The fourth-order valence-corrected chi connectivity index (χ4v) is 5.90. The van der Waals surface area contributed by atoms with Crippen LogP contribution < -0.4 is 5.43 Å². The first-order valence-corrected chi connectivity index (χ1v) is 14.8. The van der Waals surface area contributed by atoms with E-state index >= 15 is 0 Å². The molecule has 4 rings (SSSR count). The van der Waals surface area contributed by atoms with Crippen molar-refractivity contribution in [1.82, 2.24) is 25.0 Å². The molecule has 0 spiro atoms. The summed E-state index contributed by atoms with van der Waals surface area (Å²) in [6.07, 6.45) is 7.10. The van der Waals surface area contributed by atoms with E-state index in [0.717, 1.165) is 12.8 Å². The largest absolute Gasteiger partial charge is 0.340 e. The van der Waals surface area contributed by atoms with Crippen molar-refractivity contribution in [2.24, 2.45) is 11.0 Å². The molecule has 0 unspecified atom stereocenters. The summed E-state index contributed by atoms with van der Waals surface area (Å²) in [5, 5.41) is 3.97. The van der Waals surface area contributed by atoms with Crippen LogP contribution in [0.25, 0.3) is 0 Å². The third-order valence-electron chi connectivity index (χ3n) is 8.32. The normalized spacial score (nSPS) is 19.3. The summed E-state index contributed by atoms with van der Waals surface area (Å²) in [5.41, 5.74) is 3.71. The second kappa shape index (κ2) is 14.5. The lowest BCUT2D eigenvalue weighted by Gasteiger charge is -2.38. The summed E-state index contributed by atoms with van der Waals surface area (Å²) in [6.45, 7) is 7.56. The highest BCUT2D eigenvalue weighted by molar-refractivity contribution is 5.95. The number of carbonyl (C=O) groups is 4. The molecule has 1 saturated carbocycles. The highest BCUT2D eigenvalue weighted by atomic mass is 19.1. The molecule has 1 aromatic carbocycles. The summed E-state index contributed by atoms with van der Waals surface area (Å²) < 4.78 is 14.6. The van der Waals surface area contributed by atoms with E-state index in [1.165, 1.54) is 38.3 Å². The quantitative estimate of drug-likeness (QED) is 0.382. The van der Waals surface area contributed by atoms with Gasteiger partial charge in [-0.15, -0.1) is 0 Å². The van der Waals surface area contributed by atoms with Crippen LogP contribution in [0.2, 0.25) is 0 Å². The van der Waals surface area contributed by atoms with Crippen molar-refractivity contribution < 1.29 is 23.6 Å². The van der Waals surface area contributed by atoms with E-state index in [-0.39, 0.29) is 23.3 Å². The molecule has 0 atom stereocenters. The Morgan fingerprint density at radius 3 is 2.12 bits per heavy atom. The van der Waals surface area contributed by atoms with Crippen LogP contribution in [-0.4, -0.2) is 108 Å². The maximum atomic E-state index is 14.6. The molecule has 0 aromatic heterocycles. The first-order valence-electron chi connectivity index (χ1n) is 14.8. The minimum Gasteiger partial charge on any atom is -0.340 e. The Balaban J connectivity index is 1.21. The zero-order valence-electron chi connectivity index (χ0n) is 24.4. The molecule has 41 heavy (non-hydrogen) atoms. The summed E-state index contributed by atoms with van der Waals surface area (Å²) in [4.78, 5) is 57.3. The van der Waals surface area contributed by atoms with E-state index < -0.39 is 11.7 Å². The van der Waals surface area contributed by atoms with Crippen molar-refractivity contribution in [3.63, 3.8) is 0 Å². The van der Waals surface area contributed by atoms with Crippen molar-refractivity contribution >= 4 is 29.3 Å². The van der Waals surface area contributed by atoms with Gasteiger partial charge in [-0.1, -0.05) is 25.3 Å². The van der Waals surface area contributed by atoms with Gasteiger partial charge >= 0.3 is 0 Å². The van der Waals surface area contributed by atoms with Gasteiger partial charge in [0.2, 0.25) is 17.7 Å². The molecule has 10 nitrogen and oxygen atoms in total. The number of amides is 4. The summed E-state index contributed by atoms with van der Waals surface area (Å²) in [5.74, 6) is -0.482. The monoisotopic (exact) mass is 570 g/mol. The lowest BCUT2D eigenvalue weighted by molar-refractivity contribution is -0.136. The predicted octanol–water partition coefficient (Wildman–Crippen LogP) is 2.28. The molecule has 3 fully saturated rings. The molecule has 1 N–H and O–H groups in total. The maximum Gasteiger partial charge on any atom is 0.256 e. The molecule has 4 amide bonds. The first-order chi connectivity index (χ1) is 19.7. The molecule has 2 aliphatic heterocycles. The van der Waals surface area contributed by atoms with E-state index in [2.05, 4.69) is 15.4 Å². The van der Waals surface area contributed by atoms with E-state index in [1.807, 2.05) is 4.90 Å². The highest BCUT2D eigenvalue weighted by Crippen LogP contribution is 2.27. The topological polar surface area (TPSA) is 106 Å². The number of hydrazone groups is 1. The summed E-state index contributed by atoms with van der Waals surface area (Å²) >= 11 is 0. The summed E-state index contributed by atoms with van der Waals surface area (Å²) in [6, 6.07) is 4.40. The number of nitrogens with zero attached hydrogens (tertiary/aromatic N) is 5. The third kappa shape index (κ3) is 8.82. The molecule has 2 saturated heterocycles. The average molecular weight is 571 g/mol. The van der Waals surface area contributed by atoms with Crippen LogP contribution in [0, 0.1) is 11.7 Å². The van der Waals surface area contributed by atoms with Gasteiger partial charge < -0.3 is 14.7 Å². The number of nitrogens with one attached hydrogen (secondary N) is 1. The third-order valence-corrected chi connectivity index (χ3v) is 8.32. The van der Waals surface area contributed by atoms with Crippen LogP contribution in [0.5, 0.6) is 0 Å². The molecular formula is C30H43FN6O4. The molecule has 3 aliphatic rings. The Bertz CT molecular complexity index is 1140. The average Bonchev–Trinajstić information content (AvgIpc) is 2.97. The lowest BCUT2D eigenvalue weighted by Crippen LogP contribution is -2.55. The Kier molecular flexibility index (Phi) is 10.8. The lowest BCUT2D eigenvalue weighted by atomic mass is 9.86. The van der Waals surface area contributed by atoms with Gasteiger partial charge in [0.1, 0.15) is 5.82 Å². The van der Waals surface area contributed by atoms with Gasteiger partial charge in [0.15, 0.2) is 0 Å². The first kappa shape index (κ1) is 30.6. The molecule has 1 aliphatic carbocycles. The van der Waals surface area contributed by atoms with Crippen LogP contribution >= 0.6 is 0 Å². The zero-order chi connectivity index (χ0) is 29.4. The number of piperazine rings is 2. The van der Waals surface area contributed by atoms with E-state index in [4.69, 9.17) is 0 Å². The van der Waals surface area contributed by atoms with Crippen LogP contribution in [0.1, 0.15) is 68.3 Å². The van der Waals surface area contributed by atoms with Gasteiger partial charge in [-0.2, -0.15) is 5.10 Å². The molecule has 11 heteroatoms. The second-order valence-corrected chi connectivity index (χ2v) is 11.5. The van der Waals surface area contributed by atoms with Crippen LogP contribution in [0.3, 0.4) is 0 Å². The SMILES string of the molecule is CC(=O)N/N=C(\C)Cc1ccc(F)c(C(=O)N2CCN(C(=O)CN3CCN(C(=O)CC4CCCCC4)CC3)CC2)c1. The minimum absolute atomic E-state index is 0.00879. The van der Waals surface area contributed by atoms with Gasteiger partial charge in [-0.25, -0.2) is 9.82 Å². The Labute approximate surface area is 241 Å². The Morgan fingerprint density at radius 1 is 0.854 bits per heavy atom. The number of carbonyl (C=O) groups excluding carboxylic acids is 4. The van der Waals surface area contributed by atoms with Crippen LogP contribution in [0.4, 0.5) is 4.39 Å². The Hall–Kier alpha value is -3.34. The van der Waals surface area contributed by atoms with Crippen molar-refractivity contribution in [2.75, 3.05) is 58.9 Å². The van der Waals surface area contributed by atoms with Gasteiger partial charge in [-0.05, 0) is 43.4 Å². The fourth-order valence-electron chi connectivity index (χ4n) is 5.90. The van der Waals surface area contributed by atoms with Crippen LogP contribution in [-0.2, 0) is 20.8 Å². The number of halogens is 1. The van der Waals surface area contributed by atoms with Gasteiger partial charge in [0.05, 0.1) is 12.1 Å². The number of rotatable bonds is 8. The molecule has 1 aromatic rings. The van der Waals surface area contributed by atoms with E-state index in [1.54, 1.807) is 22.8 Å². The fraction of sp³-hybridized carbons (Fsp3) is 0.633.